The lowest BCUT2D eigenvalue weighted by Crippen LogP contribution is -2.45. The number of hydrogen-bond donors (Lipinski definition) is 1. The number of nitrogens with one attached hydrogen (secondary N) is 1. The Hall–Kier alpha value is -0.910. The number of carbonyl (C=O) groups excluding carboxylic acids is 1. The van der Waals surface area contributed by atoms with Crippen molar-refractivity contribution >= 4 is 17.2 Å². The minimum absolute atomic E-state index is 0.0185. The molecule has 20 heavy (non-hydrogen) atoms. The highest BCUT2D eigenvalue weighted by molar-refractivity contribution is 7.10. The van der Waals surface area contributed by atoms with E-state index in [0.29, 0.717) is 12.5 Å². The van der Waals surface area contributed by atoms with E-state index in [2.05, 4.69) is 30.6 Å². The Labute approximate surface area is 125 Å². The first-order chi connectivity index (χ1) is 9.60. The maximum absolute atomic E-state index is 12.7. The fourth-order valence-electron chi connectivity index (χ4n) is 2.73. The molecule has 0 aliphatic carbocycles. The fraction of sp³-hybridized carbons (Fsp3) is 0.667. The van der Waals surface area contributed by atoms with Gasteiger partial charge in [0, 0.05) is 12.0 Å². The van der Waals surface area contributed by atoms with Crippen LogP contribution in [-0.4, -0.2) is 36.6 Å². The van der Waals surface area contributed by atoms with Crippen LogP contribution in [0.3, 0.4) is 0 Å². The summed E-state index contributed by atoms with van der Waals surface area (Å²) in [5, 5.41) is 5.52. The van der Waals surface area contributed by atoms with Crippen LogP contribution in [0.2, 0.25) is 0 Å². The lowest BCUT2D eigenvalue weighted by molar-refractivity contribution is -0.134. The number of amides is 1. The van der Waals surface area contributed by atoms with Crippen molar-refractivity contribution in [1.29, 1.82) is 0 Å². The minimum Gasteiger partial charge on any atom is -0.383 e. The summed E-state index contributed by atoms with van der Waals surface area (Å²) < 4.78 is 5.34. The highest BCUT2D eigenvalue weighted by atomic mass is 32.1. The maximum atomic E-state index is 12.7. The highest BCUT2D eigenvalue weighted by Crippen LogP contribution is 2.33. The van der Waals surface area contributed by atoms with Crippen molar-refractivity contribution in [2.45, 2.75) is 45.4 Å². The SMILES string of the molecule is CCC1NC(c2cccs2)N(C(COC)C(C)C)C1=O. The van der Waals surface area contributed by atoms with Crippen LogP contribution < -0.4 is 5.32 Å². The molecule has 1 amide bonds. The molecular formula is C15H24N2O2S. The molecule has 3 atom stereocenters. The van der Waals surface area contributed by atoms with Crippen LogP contribution in [0.1, 0.15) is 38.2 Å². The summed E-state index contributed by atoms with van der Waals surface area (Å²) in [5.41, 5.74) is 0. The molecule has 0 saturated carbocycles. The molecule has 1 N–H and O–H groups in total. The van der Waals surface area contributed by atoms with Crippen LogP contribution in [0.5, 0.6) is 0 Å². The molecule has 4 nitrogen and oxygen atoms in total. The van der Waals surface area contributed by atoms with Crippen molar-refractivity contribution in [3.05, 3.63) is 22.4 Å². The summed E-state index contributed by atoms with van der Waals surface area (Å²) in [5.74, 6) is 0.556. The Morgan fingerprint density at radius 3 is 2.75 bits per heavy atom. The van der Waals surface area contributed by atoms with Gasteiger partial charge < -0.3 is 9.64 Å². The van der Waals surface area contributed by atoms with Crippen LogP contribution in [0, 0.1) is 5.92 Å². The van der Waals surface area contributed by atoms with Gasteiger partial charge in [-0.3, -0.25) is 10.1 Å². The molecule has 0 bridgehead atoms. The average Bonchev–Trinajstić information content (AvgIpc) is 3.03. The second kappa shape index (κ2) is 6.70. The lowest BCUT2D eigenvalue weighted by Gasteiger charge is -2.34. The lowest BCUT2D eigenvalue weighted by atomic mass is 10.0. The predicted octanol–water partition coefficient (Wildman–Crippen LogP) is 2.63. The van der Waals surface area contributed by atoms with E-state index in [4.69, 9.17) is 4.74 Å². The van der Waals surface area contributed by atoms with Crippen LogP contribution in [-0.2, 0) is 9.53 Å². The summed E-state index contributed by atoms with van der Waals surface area (Å²) in [7, 11) is 1.70. The third-order valence-electron chi connectivity index (χ3n) is 3.88. The third-order valence-corrected chi connectivity index (χ3v) is 4.80. The van der Waals surface area contributed by atoms with Gasteiger partial charge in [-0.2, -0.15) is 0 Å². The van der Waals surface area contributed by atoms with E-state index in [9.17, 15) is 4.79 Å². The Bertz CT molecular complexity index is 433. The van der Waals surface area contributed by atoms with E-state index in [1.807, 2.05) is 17.9 Å². The van der Waals surface area contributed by atoms with Crippen molar-refractivity contribution in [3.8, 4) is 0 Å². The fourth-order valence-corrected chi connectivity index (χ4v) is 3.51. The quantitative estimate of drug-likeness (QED) is 0.877. The Morgan fingerprint density at radius 1 is 1.50 bits per heavy atom. The van der Waals surface area contributed by atoms with Gasteiger partial charge >= 0.3 is 0 Å². The van der Waals surface area contributed by atoms with Crippen LogP contribution in [0.25, 0.3) is 0 Å². The number of rotatable bonds is 6. The minimum atomic E-state index is -0.0831. The van der Waals surface area contributed by atoms with E-state index in [1.54, 1.807) is 18.4 Å². The number of ether oxygens (including phenoxy) is 1. The van der Waals surface area contributed by atoms with Crippen LogP contribution in [0.4, 0.5) is 0 Å². The Kier molecular flexibility index (Phi) is 5.18. The van der Waals surface area contributed by atoms with Gasteiger partial charge in [0.25, 0.3) is 0 Å². The zero-order valence-electron chi connectivity index (χ0n) is 12.6. The number of carbonyl (C=O) groups is 1. The van der Waals surface area contributed by atoms with Crippen molar-refractivity contribution < 1.29 is 9.53 Å². The highest BCUT2D eigenvalue weighted by Gasteiger charge is 2.43. The molecule has 112 valence electrons. The van der Waals surface area contributed by atoms with Crippen molar-refractivity contribution in [2.24, 2.45) is 5.92 Å². The number of hydrogen-bond acceptors (Lipinski definition) is 4. The van der Waals surface area contributed by atoms with Gasteiger partial charge in [-0.1, -0.05) is 26.8 Å². The third kappa shape index (κ3) is 2.90. The molecule has 0 spiro atoms. The molecule has 5 heteroatoms. The molecule has 1 aliphatic heterocycles. The number of methoxy groups -OCH3 is 1. The van der Waals surface area contributed by atoms with Gasteiger partial charge in [0.05, 0.1) is 18.7 Å². The van der Waals surface area contributed by atoms with Crippen LogP contribution in [0.15, 0.2) is 17.5 Å². The van der Waals surface area contributed by atoms with Gasteiger partial charge in [0.1, 0.15) is 6.17 Å². The van der Waals surface area contributed by atoms with Crippen molar-refractivity contribution in [3.63, 3.8) is 0 Å². The first kappa shape index (κ1) is 15.5. The maximum Gasteiger partial charge on any atom is 0.241 e. The van der Waals surface area contributed by atoms with Gasteiger partial charge in [0.15, 0.2) is 0 Å². The summed E-state index contributed by atoms with van der Waals surface area (Å²) in [4.78, 5) is 15.9. The van der Waals surface area contributed by atoms with E-state index in [0.717, 1.165) is 6.42 Å². The summed E-state index contributed by atoms with van der Waals surface area (Å²) in [6, 6.07) is 4.14. The van der Waals surface area contributed by atoms with E-state index >= 15 is 0 Å². The number of nitrogens with zero attached hydrogens (tertiary/aromatic N) is 1. The first-order valence-corrected chi connectivity index (χ1v) is 8.08. The molecule has 1 aromatic heterocycles. The largest absolute Gasteiger partial charge is 0.383 e. The van der Waals surface area contributed by atoms with Gasteiger partial charge in [-0.25, -0.2) is 0 Å². The molecule has 1 fully saturated rings. The van der Waals surface area contributed by atoms with Gasteiger partial charge in [-0.05, 0) is 23.8 Å². The normalized spacial score (nSPS) is 24.6. The van der Waals surface area contributed by atoms with E-state index in [1.165, 1.54) is 4.88 Å². The molecule has 3 unspecified atom stereocenters. The molecule has 2 heterocycles. The van der Waals surface area contributed by atoms with Gasteiger partial charge in [0.2, 0.25) is 5.91 Å². The standard InChI is InChI=1S/C15H24N2O2S/c1-5-11-15(18)17(12(9-19-4)10(2)3)14(16-11)13-7-6-8-20-13/h6-8,10-12,14,16H,5,9H2,1-4H3. The number of thiophene rings is 1. The molecule has 1 aromatic rings. The van der Waals surface area contributed by atoms with E-state index < -0.39 is 0 Å². The first-order valence-electron chi connectivity index (χ1n) is 7.20. The van der Waals surface area contributed by atoms with Crippen LogP contribution >= 0.6 is 11.3 Å². The smallest absolute Gasteiger partial charge is 0.241 e. The zero-order chi connectivity index (χ0) is 14.7. The topological polar surface area (TPSA) is 41.6 Å². The second-order valence-corrected chi connectivity index (χ2v) is 6.54. The summed E-state index contributed by atoms with van der Waals surface area (Å²) >= 11 is 1.69. The molecule has 2 rings (SSSR count). The zero-order valence-corrected chi connectivity index (χ0v) is 13.4. The monoisotopic (exact) mass is 296 g/mol. The molecule has 0 radical (unpaired) electrons. The second-order valence-electron chi connectivity index (χ2n) is 5.56. The van der Waals surface area contributed by atoms with Crippen molar-refractivity contribution in [1.82, 2.24) is 10.2 Å². The molecule has 1 saturated heterocycles. The summed E-state index contributed by atoms with van der Waals surface area (Å²) in [6.45, 7) is 6.90. The van der Waals surface area contributed by atoms with Gasteiger partial charge in [-0.15, -0.1) is 11.3 Å². The predicted molar refractivity (Wildman–Crippen MR) is 81.6 cm³/mol. The molecule has 1 aliphatic rings. The molecule has 0 aromatic carbocycles. The van der Waals surface area contributed by atoms with Crippen molar-refractivity contribution in [2.75, 3.05) is 13.7 Å². The molecular weight excluding hydrogens is 272 g/mol. The average molecular weight is 296 g/mol. The summed E-state index contributed by atoms with van der Waals surface area (Å²) in [6.07, 6.45) is 0.796. The van der Waals surface area contributed by atoms with E-state index in [-0.39, 0.29) is 24.2 Å². The Morgan fingerprint density at radius 2 is 2.25 bits per heavy atom. The Balaban J connectivity index is 2.31.